The van der Waals surface area contributed by atoms with Gasteiger partial charge in [-0.05, 0) is 31.3 Å². The van der Waals surface area contributed by atoms with Crippen LogP contribution in [0.2, 0.25) is 0 Å². The number of fused-ring (bicyclic) bond motifs is 1. The molecule has 3 rings (SSSR count). The first-order chi connectivity index (χ1) is 10.2. The maximum atomic E-state index is 12.5. The quantitative estimate of drug-likeness (QED) is 0.748. The number of hydrogen-bond acceptors (Lipinski definition) is 3. The normalized spacial score (nSPS) is 32.7. The number of allylic oxidation sites excluding steroid dienone is 1. The largest absolute Gasteiger partial charge is 0.378 e. The monoisotopic (exact) mass is 293 g/mol. The minimum atomic E-state index is 0.0206. The molecule has 3 aliphatic rings. The number of morpholine rings is 1. The van der Waals surface area contributed by atoms with Crippen molar-refractivity contribution >= 4 is 5.91 Å². The highest BCUT2D eigenvalue weighted by Gasteiger charge is 2.45. The summed E-state index contributed by atoms with van der Waals surface area (Å²) in [5.74, 6) is 0.224. The van der Waals surface area contributed by atoms with Crippen molar-refractivity contribution in [3.8, 4) is 0 Å². The molecule has 4 heteroatoms. The zero-order chi connectivity index (χ0) is 14.7. The summed E-state index contributed by atoms with van der Waals surface area (Å²) in [5, 5.41) is 0. The van der Waals surface area contributed by atoms with Gasteiger partial charge in [0.1, 0.15) is 0 Å². The minimum absolute atomic E-state index is 0.0206. The Balaban J connectivity index is 1.66. The van der Waals surface area contributed by atoms with Gasteiger partial charge in [0.05, 0.1) is 32.3 Å². The molecule has 2 aliphatic heterocycles. The molecule has 0 radical (unpaired) electrons. The van der Waals surface area contributed by atoms with Crippen molar-refractivity contribution in [1.82, 2.24) is 4.90 Å². The third-order valence-electron chi connectivity index (χ3n) is 5.20. The molecule has 1 unspecified atom stereocenters. The van der Waals surface area contributed by atoms with Crippen LogP contribution < -0.4 is 0 Å². The molecule has 1 amide bonds. The van der Waals surface area contributed by atoms with Gasteiger partial charge in [-0.15, -0.1) is 0 Å². The van der Waals surface area contributed by atoms with Gasteiger partial charge in [-0.1, -0.05) is 19.4 Å². The average Bonchev–Trinajstić information content (AvgIpc) is 2.87. The van der Waals surface area contributed by atoms with Crippen molar-refractivity contribution in [1.29, 1.82) is 0 Å². The number of hydrogen-bond donors (Lipinski definition) is 0. The molecule has 0 aromatic rings. The van der Waals surface area contributed by atoms with E-state index in [4.69, 9.17) is 9.47 Å². The first-order valence-corrected chi connectivity index (χ1v) is 8.43. The van der Waals surface area contributed by atoms with Crippen LogP contribution in [-0.2, 0) is 14.3 Å². The number of carbonyl (C=O) groups excluding carboxylic acids is 1. The standard InChI is InChI=1S/C17H27NO3/c1-2-6-17-7-4-3-5-14(17)15(21-13-17)12-16(19)18-8-10-20-11-9-18/h5,15H,2-4,6-13H2,1H3/t15?,17-/m1/s1. The summed E-state index contributed by atoms with van der Waals surface area (Å²) in [6.07, 6.45) is 8.91. The number of nitrogens with zero attached hydrogens (tertiary/aromatic N) is 1. The van der Waals surface area contributed by atoms with E-state index in [0.29, 0.717) is 19.6 Å². The Bertz CT molecular complexity index is 414. The molecule has 0 aromatic heterocycles. The molecule has 0 aromatic carbocycles. The van der Waals surface area contributed by atoms with Crippen molar-refractivity contribution in [2.24, 2.45) is 5.41 Å². The van der Waals surface area contributed by atoms with E-state index in [1.54, 1.807) is 0 Å². The summed E-state index contributed by atoms with van der Waals surface area (Å²) in [6, 6.07) is 0. The Kier molecular flexibility index (Phi) is 4.65. The van der Waals surface area contributed by atoms with Gasteiger partial charge in [-0.25, -0.2) is 0 Å². The second kappa shape index (κ2) is 6.49. The predicted octanol–water partition coefficient (Wildman–Crippen LogP) is 2.53. The lowest BCUT2D eigenvalue weighted by molar-refractivity contribution is -0.137. The number of carbonyl (C=O) groups is 1. The van der Waals surface area contributed by atoms with Crippen LogP contribution in [0.5, 0.6) is 0 Å². The summed E-state index contributed by atoms with van der Waals surface area (Å²) in [6.45, 7) is 5.84. The highest BCUT2D eigenvalue weighted by atomic mass is 16.5. The molecule has 2 fully saturated rings. The lowest BCUT2D eigenvalue weighted by Gasteiger charge is -2.33. The number of ether oxygens (including phenoxy) is 2. The van der Waals surface area contributed by atoms with Crippen molar-refractivity contribution in [3.05, 3.63) is 11.6 Å². The molecule has 1 aliphatic carbocycles. The molecule has 4 nitrogen and oxygen atoms in total. The predicted molar refractivity (Wildman–Crippen MR) is 81.0 cm³/mol. The van der Waals surface area contributed by atoms with Gasteiger partial charge >= 0.3 is 0 Å². The lowest BCUT2D eigenvalue weighted by Crippen LogP contribution is -2.42. The summed E-state index contributed by atoms with van der Waals surface area (Å²) in [7, 11) is 0. The Hall–Kier alpha value is -0.870. The number of rotatable bonds is 4. The molecule has 0 N–H and O–H groups in total. The van der Waals surface area contributed by atoms with E-state index in [-0.39, 0.29) is 17.4 Å². The molecule has 2 atom stereocenters. The highest BCUT2D eigenvalue weighted by molar-refractivity contribution is 5.77. The van der Waals surface area contributed by atoms with Crippen LogP contribution in [0.3, 0.4) is 0 Å². The van der Waals surface area contributed by atoms with Gasteiger partial charge < -0.3 is 14.4 Å². The van der Waals surface area contributed by atoms with Crippen LogP contribution >= 0.6 is 0 Å². The van der Waals surface area contributed by atoms with E-state index >= 15 is 0 Å². The van der Waals surface area contributed by atoms with Crippen LogP contribution in [0.15, 0.2) is 11.6 Å². The van der Waals surface area contributed by atoms with Crippen LogP contribution in [0.4, 0.5) is 0 Å². The van der Waals surface area contributed by atoms with Gasteiger partial charge in [0.2, 0.25) is 5.91 Å². The molecule has 0 spiro atoms. The Morgan fingerprint density at radius 3 is 3.00 bits per heavy atom. The Morgan fingerprint density at radius 2 is 2.24 bits per heavy atom. The summed E-state index contributed by atoms with van der Waals surface area (Å²) in [4.78, 5) is 14.4. The average molecular weight is 293 g/mol. The van der Waals surface area contributed by atoms with Crippen molar-refractivity contribution in [2.75, 3.05) is 32.9 Å². The van der Waals surface area contributed by atoms with Crippen LogP contribution in [-0.4, -0.2) is 49.8 Å². The van der Waals surface area contributed by atoms with E-state index in [2.05, 4.69) is 13.0 Å². The molecule has 2 saturated heterocycles. The SMILES string of the molecule is CCC[C@]12CCCC=C1C(CC(=O)N1CCOCC1)OC2. The zero-order valence-corrected chi connectivity index (χ0v) is 13.1. The van der Waals surface area contributed by atoms with Crippen molar-refractivity contribution < 1.29 is 14.3 Å². The fraction of sp³-hybridized carbons (Fsp3) is 0.824. The smallest absolute Gasteiger partial charge is 0.225 e. The Labute approximate surface area is 127 Å². The van der Waals surface area contributed by atoms with Gasteiger partial charge in [-0.2, -0.15) is 0 Å². The first-order valence-electron chi connectivity index (χ1n) is 8.43. The summed E-state index contributed by atoms with van der Waals surface area (Å²) >= 11 is 0. The van der Waals surface area contributed by atoms with Crippen LogP contribution in [0.1, 0.15) is 45.4 Å². The topological polar surface area (TPSA) is 38.8 Å². The third kappa shape index (κ3) is 3.02. The summed E-state index contributed by atoms with van der Waals surface area (Å²) in [5.41, 5.74) is 1.67. The Morgan fingerprint density at radius 1 is 1.43 bits per heavy atom. The second-order valence-electron chi connectivity index (χ2n) is 6.58. The van der Waals surface area contributed by atoms with E-state index in [1.807, 2.05) is 4.90 Å². The van der Waals surface area contributed by atoms with E-state index in [9.17, 15) is 4.79 Å². The highest BCUT2D eigenvalue weighted by Crippen LogP contribution is 2.49. The van der Waals surface area contributed by atoms with Gasteiger partial charge in [0, 0.05) is 18.5 Å². The molecule has 118 valence electrons. The zero-order valence-electron chi connectivity index (χ0n) is 13.1. The van der Waals surface area contributed by atoms with Crippen molar-refractivity contribution in [3.63, 3.8) is 0 Å². The minimum Gasteiger partial charge on any atom is -0.378 e. The molecular formula is C17H27NO3. The van der Waals surface area contributed by atoms with E-state index < -0.39 is 0 Å². The maximum Gasteiger partial charge on any atom is 0.225 e. The van der Waals surface area contributed by atoms with Crippen molar-refractivity contribution in [2.45, 2.75) is 51.6 Å². The first kappa shape index (κ1) is 15.0. The second-order valence-corrected chi connectivity index (χ2v) is 6.58. The number of amides is 1. The molecule has 21 heavy (non-hydrogen) atoms. The molecular weight excluding hydrogens is 266 g/mol. The third-order valence-corrected chi connectivity index (χ3v) is 5.20. The molecule has 0 bridgehead atoms. The maximum absolute atomic E-state index is 12.5. The van der Waals surface area contributed by atoms with Crippen LogP contribution in [0, 0.1) is 5.41 Å². The van der Waals surface area contributed by atoms with E-state index in [0.717, 1.165) is 26.1 Å². The summed E-state index contributed by atoms with van der Waals surface area (Å²) < 4.78 is 11.4. The fourth-order valence-electron chi connectivity index (χ4n) is 4.13. The van der Waals surface area contributed by atoms with E-state index in [1.165, 1.54) is 31.3 Å². The van der Waals surface area contributed by atoms with Gasteiger partial charge in [-0.3, -0.25) is 4.79 Å². The van der Waals surface area contributed by atoms with Gasteiger partial charge in [0.25, 0.3) is 0 Å². The lowest BCUT2D eigenvalue weighted by atomic mass is 9.70. The van der Waals surface area contributed by atoms with Gasteiger partial charge in [0.15, 0.2) is 0 Å². The fourth-order valence-corrected chi connectivity index (χ4v) is 4.13. The van der Waals surface area contributed by atoms with Crippen LogP contribution in [0.25, 0.3) is 0 Å². The molecule has 0 saturated carbocycles. The molecule has 2 heterocycles.